The van der Waals surface area contributed by atoms with Crippen LogP contribution in [-0.2, 0) is 41.6 Å². The van der Waals surface area contributed by atoms with Gasteiger partial charge in [-0.25, -0.2) is 24.1 Å². The lowest BCUT2D eigenvalue weighted by Crippen LogP contribution is -2.41. The minimum absolute atomic E-state index is 0.0637. The third-order valence-corrected chi connectivity index (χ3v) is 7.85. The summed E-state index contributed by atoms with van der Waals surface area (Å²) in [6.07, 6.45) is -0.535. The van der Waals surface area contributed by atoms with Crippen LogP contribution in [0.5, 0.6) is 0 Å². The molecule has 2 fully saturated rings. The molecule has 3 N–H and O–H groups in total. The van der Waals surface area contributed by atoms with Gasteiger partial charge in [0.1, 0.15) is 18.5 Å². The summed E-state index contributed by atoms with van der Waals surface area (Å²) in [5, 5.41) is 2.67. The number of carbonyl (C=O) groups is 2. The summed E-state index contributed by atoms with van der Waals surface area (Å²) in [6.45, 7) is 3.20. The van der Waals surface area contributed by atoms with E-state index in [2.05, 4.69) is 24.6 Å². The Morgan fingerprint density at radius 1 is 1.25 bits per heavy atom. The lowest BCUT2D eigenvalue weighted by molar-refractivity contribution is -0.158. The van der Waals surface area contributed by atoms with Gasteiger partial charge in [-0.2, -0.15) is 4.31 Å². The number of hydrogen-bond acceptors (Lipinski definition) is 12. The molecule has 16 nitrogen and oxygen atoms in total. The largest absolute Gasteiger partial charge is 0.484 e. The quantitative estimate of drug-likeness (QED) is 0.301. The van der Waals surface area contributed by atoms with Gasteiger partial charge < -0.3 is 24.6 Å². The normalized spacial score (nSPS) is 28.1. The van der Waals surface area contributed by atoms with E-state index in [4.69, 9.17) is 28.3 Å². The topological polar surface area (TPSA) is 211 Å². The van der Waals surface area contributed by atoms with Gasteiger partial charge in [-0.05, 0) is 12.8 Å². The van der Waals surface area contributed by atoms with E-state index in [1.54, 1.807) is 6.92 Å². The second kappa shape index (κ2) is 10.6. The average Bonchev–Trinajstić information content (AvgIpc) is 3.34. The third kappa shape index (κ3) is 5.82. The summed E-state index contributed by atoms with van der Waals surface area (Å²) >= 11 is 0. The number of carbonyl (C=O) groups excluding carboxylic acids is 2. The number of nitrogens with zero attached hydrogens (tertiary/aromatic N) is 4. The van der Waals surface area contributed by atoms with Gasteiger partial charge in [-0.15, -0.1) is 0 Å². The molecule has 2 saturated heterocycles. The van der Waals surface area contributed by atoms with Crippen LogP contribution >= 0.6 is 15.6 Å². The van der Waals surface area contributed by atoms with Crippen LogP contribution < -0.4 is 5.32 Å². The second-order valence-electron chi connectivity index (χ2n) is 8.00. The van der Waals surface area contributed by atoms with E-state index >= 15 is 0 Å². The van der Waals surface area contributed by atoms with Gasteiger partial charge in [0.05, 0.1) is 12.9 Å². The molecule has 2 aliphatic rings. The second-order valence-corrected chi connectivity index (χ2v) is 11.0. The van der Waals surface area contributed by atoms with Crippen molar-refractivity contribution in [1.29, 1.82) is 0 Å². The molecule has 2 aromatic rings. The van der Waals surface area contributed by atoms with E-state index in [0.717, 1.165) is 0 Å². The van der Waals surface area contributed by atoms with E-state index in [9.17, 15) is 18.7 Å². The number of phosphoric ester groups is 1. The smallest absolute Gasteiger partial charge is 0.455 e. The zero-order valence-electron chi connectivity index (χ0n) is 19.3. The Bertz CT molecular complexity index is 1230. The number of esters is 1. The summed E-state index contributed by atoms with van der Waals surface area (Å²) < 4.78 is 51.4. The first kappa shape index (κ1) is 26.8. The number of aromatic nitrogens is 4. The number of phosphoric acid groups is 2. The van der Waals surface area contributed by atoms with Crippen molar-refractivity contribution in [3.05, 3.63) is 12.7 Å². The van der Waals surface area contributed by atoms with Crippen LogP contribution in [0.25, 0.3) is 11.2 Å². The minimum atomic E-state index is -5.24. The average molecular weight is 549 g/mol. The molecule has 2 aliphatic heterocycles. The Labute approximate surface area is 204 Å². The Kier molecular flexibility index (Phi) is 7.88. The molecule has 0 bridgehead atoms. The molecular formula is C18H25N5O11P2. The minimum Gasteiger partial charge on any atom is -0.455 e. The van der Waals surface area contributed by atoms with Crippen LogP contribution in [0.1, 0.15) is 45.8 Å². The first-order valence-electron chi connectivity index (χ1n) is 11.1. The van der Waals surface area contributed by atoms with Crippen LogP contribution in [0.15, 0.2) is 12.7 Å². The van der Waals surface area contributed by atoms with Crippen molar-refractivity contribution in [3.8, 4) is 0 Å². The number of rotatable bonds is 9. The number of anilines is 1. The fraction of sp³-hybridized carbons (Fsp3) is 0.611. The van der Waals surface area contributed by atoms with E-state index in [1.807, 2.05) is 6.92 Å². The van der Waals surface area contributed by atoms with Gasteiger partial charge in [0.2, 0.25) is 5.91 Å². The van der Waals surface area contributed by atoms with Gasteiger partial charge in [0, 0.05) is 12.8 Å². The SMILES string of the molecule is CCCC(=O)Nc1ncnc2c1ncn2[C@@H]1O[C@@H]2COP(=O)(OP(=O)(O)O)O[C@H]2[C@H]1OC(=O)CCC. The van der Waals surface area contributed by atoms with Crippen LogP contribution in [-0.4, -0.2) is 66.1 Å². The monoisotopic (exact) mass is 549 g/mol. The van der Waals surface area contributed by atoms with Crippen molar-refractivity contribution < 1.29 is 51.3 Å². The molecule has 1 unspecified atom stereocenters. The van der Waals surface area contributed by atoms with Crippen LogP contribution in [0.2, 0.25) is 0 Å². The lowest BCUT2D eigenvalue weighted by Gasteiger charge is -2.31. The Hall–Kier alpha value is -2.29. The first-order valence-corrected chi connectivity index (χ1v) is 14.0. The molecule has 0 aromatic carbocycles. The maximum absolute atomic E-state index is 12.7. The molecule has 4 rings (SSSR count). The Morgan fingerprint density at radius 3 is 2.69 bits per heavy atom. The first-order chi connectivity index (χ1) is 17.0. The highest BCUT2D eigenvalue weighted by Crippen LogP contribution is 2.65. The molecule has 0 aliphatic carbocycles. The summed E-state index contributed by atoms with van der Waals surface area (Å²) in [4.78, 5) is 55.2. The van der Waals surface area contributed by atoms with Gasteiger partial charge in [0.25, 0.3) is 0 Å². The van der Waals surface area contributed by atoms with Crippen molar-refractivity contribution in [3.63, 3.8) is 0 Å². The summed E-state index contributed by atoms with van der Waals surface area (Å²) in [5.41, 5.74) is 0.472. The van der Waals surface area contributed by atoms with Gasteiger partial charge in [0.15, 0.2) is 29.3 Å². The molecule has 0 saturated carbocycles. The molecule has 0 spiro atoms. The molecular weight excluding hydrogens is 524 g/mol. The molecule has 36 heavy (non-hydrogen) atoms. The zero-order chi connectivity index (χ0) is 26.1. The number of hydrogen-bond donors (Lipinski definition) is 3. The van der Waals surface area contributed by atoms with Crippen LogP contribution in [0, 0.1) is 0 Å². The highest BCUT2D eigenvalue weighted by molar-refractivity contribution is 7.61. The van der Waals surface area contributed by atoms with E-state index in [-0.39, 0.29) is 35.7 Å². The van der Waals surface area contributed by atoms with Crippen molar-refractivity contribution in [2.24, 2.45) is 0 Å². The predicted molar refractivity (Wildman–Crippen MR) is 119 cm³/mol. The lowest BCUT2D eigenvalue weighted by atomic mass is 10.1. The molecule has 5 atom stereocenters. The van der Waals surface area contributed by atoms with E-state index < -0.39 is 52.8 Å². The number of imidazole rings is 1. The molecule has 0 radical (unpaired) electrons. The molecule has 198 valence electrons. The van der Waals surface area contributed by atoms with Gasteiger partial charge in [-0.3, -0.25) is 23.2 Å². The third-order valence-electron chi connectivity index (χ3n) is 5.23. The highest BCUT2D eigenvalue weighted by atomic mass is 31.3. The van der Waals surface area contributed by atoms with Crippen molar-refractivity contribution >= 4 is 44.5 Å². The molecule has 1 amide bonds. The molecule has 18 heteroatoms. The predicted octanol–water partition coefficient (Wildman–Crippen LogP) is 1.81. The summed E-state index contributed by atoms with van der Waals surface area (Å²) in [6, 6.07) is 0. The highest BCUT2D eigenvalue weighted by Gasteiger charge is 2.57. The van der Waals surface area contributed by atoms with Crippen molar-refractivity contribution in [2.75, 3.05) is 11.9 Å². The summed E-state index contributed by atoms with van der Waals surface area (Å²) in [7, 11) is -9.96. The standard InChI is InChI=1S/C18H25N5O11P2/c1-3-5-11(24)22-16-13-17(20-8-19-16)23(9-21-13)18-15(32-12(25)6-4-2)14-10(31-18)7-30-36(29,33-14)34-35(26,27)28/h8-10,14-15,18H,3-7H2,1-2H3,(H2,26,27,28)(H,19,20,22,24)/t10-,14-,15-,18-,36?/m1/s1. The number of nitrogens with one attached hydrogen (secondary N) is 1. The maximum Gasteiger partial charge on any atom is 0.484 e. The number of fused-ring (bicyclic) bond motifs is 2. The zero-order valence-corrected chi connectivity index (χ0v) is 21.0. The molecule has 2 aromatic heterocycles. The number of amides is 1. The van der Waals surface area contributed by atoms with E-state index in [0.29, 0.717) is 12.8 Å². The molecule has 4 heterocycles. The summed E-state index contributed by atoms with van der Waals surface area (Å²) in [5.74, 6) is -0.691. The van der Waals surface area contributed by atoms with E-state index in [1.165, 1.54) is 17.2 Å². The Balaban J connectivity index is 1.67. The maximum atomic E-state index is 12.7. The fourth-order valence-electron chi connectivity index (χ4n) is 3.80. The van der Waals surface area contributed by atoms with Gasteiger partial charge in [-0.1, -0.05) is 13.8 Å². The van der Waals surface area contributed by atoms with Crippen LogP contribution in [0.3, 0.4) is 0 Å². The Morgan fingerprint density at radius 2 is 2.00 bits per heavy atom. The van der Waals surface area contributed by atoms with Gasteiger partial charge >= 0.3 is 21.6 Å². The fourth-order valence-corrected chi connectivity index (χ4v) is 6.13. The van der Waals surface area contributed by atoms with Crippen molar-refractivity contribution in [1.82, 2.24) is 19.5 Å². The van der Waals surface area contributed by atoms with Crippen molar-refractivity contribution in [2.45, 2.75) is 64.1 Å². The number of ether oxygens (including phenoxy) is 2. The van der Waals surface area contributed by atoms with Crippen LogP contribution in [0.4, 0.5) is 5.82 Å².